The summed E-state index contributed by atoms with van der Waals surface area (Å²) in [5.41, 5.74) is 0. The van der Waals surface area contributed by atoms with Crippen LogP contribution in [0.1, 0.15) is 111 Å². The fourth-order valence-corrected chi connectivity index (χ4v) is 8.09. The number of unbranched alkanes of at least 4 members (excludes halogenated alkanes) is 11. The molecule has 3 rings (SSSR count). The average molecular weight is 928 g/mol. The molecule has 374 valence electrons. The predicted octanol–water partition coefficient (Wildman–Crippen LogP) is -1.55. The van der Waals surface area contributed by atoms with Gasteiger partial charge in [-0.2, -0.15) is 0 Å². The van der Waals surface area contributed by atoms with Crippen molar-refractivity contribution in [2.45, 2.75) is 214 Å². The molecule has 3 aliphatic heterocycles. The number of amides is 1. The molecule has 64 heavy (non-hydrogen) atoms. The van der Waals surface area contributed by atoms with Crippen LogP contribution in [0.4, 0.5) is 0 Å². The molecule has 21 heteroatoms. The summed E-state index contributed by atoms with van der Waals surface area (Å²) in [5.74, 6) is -6.21. The predicted molar refractivity (Wildman–Crippen MR) is 224 cm³/mol. The highest BCUT2D eigenvalue weighted by molar-refractivity contribution is 5.76. The van der Waals surface area contributed by atoms with Crippen LogP contribution >= 0.6 is 0 Å². The fourth-order valence-electron chi connectivity index (χ4n) is 8.09. The molecule has 18 atom stereocenters. The maximum atomic E-state index is 12.7. The molecule has 3 saturated heterocycles. The Morgan fingerprint density at radius 1 is 0.781 bits per heavy atom. The van der Waals surface area contributed by atoms with Crippen molar-refractivity contribution in [3.05, 3.63) is 12.2 Å². The number of hydrogen-bond acceptors (Lipinski definition) is 19. The molecule has 3 fully saturated rings. The molecule has 0 aromatic rings. The van der Waals surface area contributed by atoms with Gasteiger partial charge in [-0.25, -0.2) is 4.79 Å². The van der Waals surface area contributed by atoms with Gasteiger partial charge in [0.25, 0.3) is 5.79 Å². The molecule has 1 amide bonds. The number of aliphatic hydroxyl groups is 11. The van der Waals surface area contributed by atoms with Gasteiger partial charge in [0.05, 0.1) is 50.8 Å². The third kappa shape index (κ3) is 15.8. The minimum atomic E-state index is -2.91. The van der Waals surface area contributed by atoms with Crippen LogP contribution in [-0.2, 0) is 38.0 Å². The number of nitrogens with one attached hydrogen (secondary N) is 1. The van der Waals surface area contributed by atoms with E-state index >= 15 is 0 Å². The molecule has 21 nitrogen and oxygen atoms in total. The van der Waals surface area contributed by atoms with Gasteiger partial charge in [0, 0.05) is 18.8 Å². The Bertz CT molecular complexity index is 1360. The lowest BCUT2D eigenvalue weighted by atomic mass is 9.84. The zero-order valence-corrected chi connectivity index (χ0v) is 37.3. The monoisotopic (exact) mass is 928 g/mol. The molecular formula is C43H77NO20. The van der Waals surface area contributed by atoms with Gasteiger partial charge in [-0.05, 0) is 12.8 Å². The van der Waals surface area contributed by atoms with Crippen LogP contribution in [0.25, 0.3) is 0 Å². The second-order valence-electron chi connectivity index (χ2n) is 17.2. The molecule has 0 bridgehead atoms. The van der Waals surface area contributed by atoms with E-state index in [2.05, 4.69) is 12.2 Å². The number of aliphatic hydroxyl groups excluding tert-OH is 11. The van der Waals surface area contributed by atoms with Gasteiger partial charge < -0.3 is 95.0 Å². The number of ether oxygens (including phenoxy) is 6. The summed E-state index contributed by atoms with van der Waals surface area (Å²) in [6, 6.07) is -1.01. The van der Waals surface area contributed by atoms with Gasteiger partial charge in [-0.1, -0.05) is 97.1 Å². The Hall–Kier alpha value is -2.00. The maximum Gasteiger partial charge on any atom is 0.364 e. The molecule has 0 spiro atoms. The summed E-state index contributed by atoms with van der Waals surface area (Å²) < 4.78 is 34.1. The first kappa shape index (κ1) is 56.3. The fraction of sp³-hybridized carbons (Fsp3) is 0.907. The third-order valence-corrected chi connectivity index (χ3v) is 12.3. The lowest BCUT2D eigenvalue weighted by molar-refractivity contribution is -0.388. The highest BCUT2D eigenvalue weighted by Gasteiger charge is 2.59. The summed E-state index contributed by atoms with van der Waals surface area (Å²) >= 11 is 0. The van der Waals surface area contributed by atoms with Crippen LogP contribution in [0.2, 0.25) is 0 Å². The SMILES string of the molecule is CCCCCCCCCCCCC/C=C/[C@@H](O)[C@H](CO[C@@H]1OC(CO)[C@@H](O[C@@H]2OC(CO)[C@H](O)[C@H](O[C@]3(C(=O)O)C[C@@H](O)[C@@H](C)C([C@H](O)[C@H](O)CO)O3)C2O)[C@H](O)C1O)NC(=O)CC. The Kier molecular flexibility index (Phi) is 25.0. The zero-order chi connectivity index (χ0) is 47.6. The highest BCUT2D eigenvalue weighted by atomic mass is 16.8. The van der Waals surface area contributed by atoms with E-state index < -0.39 is 154 Å². The largest absolute Gasteiger partial charge is 0.477 e. The zero-order valence-electron chi connectivity index (χ0n) is 37.3. The number of carbonyl (C=O) groups is 2. The number of hydrogen-bond donors (Lipinski definition) is 13. The number of carboxylic acids is 1. The van der Waals surface area contributed by atoms with Gasteiger partial charge in [0.1, 0.15) is 61.0 Å². The smallest absolute Gasteiger partial charge is 0.364 e. The number of rotatable bonds is 29. The summed E-state index contributed by atoms with van der Waals surface area (Å²) in [6.07, 6.45) is -10.3. The standard InChI is InChI=1S/C43H77NO20/c1-4-6-7-8-9-10-11-12-13-14-15-16-17-18-26(48)25(44-31(51)5-2)23-59-40-35(55)34(54)38(30(22-47)61-40)62-41-36(56)39(33(53)29(21-46)60-41)64-43(42(57)58)19-27(49)24(3)37(63-43)32(52)28(50)20-45/h17-18,24-30,32-41,45-50,52-56H,4-16,19-23H2,1-3H3,(H,44,51)(H,57,58)/b18-17+/t24-,25+,26-,27-,28-,29?,30?,32-,33+,34-,35?,36?,37?,38-,39+,40-,41+,43+/m1/s1. The van der Waals surface area contributed by atoms with Crippen LogP contribution in [0.15, 0.2) is 12.2 Å². The van der Waals surface area contributed by atoms with E-state index in [1.165, 1.54) is 58.3 Å². The first-order valence-corrected chi connectivity index (χ1v) is 22.9. The van der Waals surface area contributed by atoms with Gasteiger partial charge in [-0.3, -0.25) is 4.79 Å². The van der Waals surface area contributed by atoms with Crippen molar-refractivity contribution in [2.24, 2.45) is 5.92 Å². The molecule has 0 saturated carbocycles. The number of carbonyl (C=O) groups excluding carboxylic acids is 1. The highest BCUT2D eigenvalue weighted by Crippen LogP contribution is 2.40. The molecule has 0 aromatic carbocycles. The quantitative estimate of drug-likeness (QED) is 0.0298. The average Bonchev–Trinajstić information content (AvgIpc) is 3.28. The molecule has 0 radical (unpaired) electrons. The molecular weight excluding hydrogens is 850 g/mol. The summed E-state index contributed by atoms with van der Waals surface area (Å²) in [5, 5.41) is 130. The maximum absolute atomic E-state index is 12.7. The van der Waals surface area contributed by atoms with E-state index in [9.17, 15) is 70.9 Å². The molecule has 13 N–H and O–H groups in total. The second-order valence-corrected chi connectivity index (χ2v) is 17.2. The lowest BCUT2D eigenvalue weighted by Crippen LogP contribution is -2.68. The van der Waals surface area contributed by atoms with E-state index in [0.29, 0.717) is 6.42 Å². The number of aliphatic carboxylic acids is 1. The number of allylic oxidation sites excluding steroid dienone is 1. The van der Waals surface area contributed by atoms with Crippen molar-refractivity contribution in [3.8, 4) is 0 Å². The van der Waals surface area contributed by atoms with Crippen molar-refractivity contribution in [1.29, 1.82) is 0 Å². The Morgan fingerprint density at radius 3 is 1.94 bits per heavy atom. The van der Waals surface area contributed by atoms with Gasteiger partial charge in [-0.15, -0.1) is 0 Å². The van der Waals surface area contributed by atoms with Crippen molar-refractivity contribution in [3.63, 3.8) is 0 Å². The van der Waals surface area contributed by atoms with E-state index in [4.69, 9.17) is 28.4 Å². The van der Waals surface area contributed by atoms with Gasteiger partial charge >= 0.3 is 5.97 Å². The topological polar surface area (TPSA) is 344 Å². The van der Waals surface area contributed by atoms with Gasteiger partial charge in [0.15, 0.2) is 12.6 Å². The summed E-state index contributed by atoms with van der Waals surface area (Å²) in [6.45, 7) is 2.01. The van der Waals surface area contributed by atoms with E-state index in [0.717, 1.165) is 19.3 Å². The normalized spacial score (nSPS) is 35.5. The summed E-state index contributed by atoms with van der Waals surface area (Å²) in [7, 11) is 0. The first-order valence-electron chi connectivity index (χ1n) is 22.9. The molecule has 3 aliphatic rings. The molecule has 5 unspecified atom stereocenters. The minimum Gasteiger partial charge on any atom is -0.477 e. The van der Waals surface area contributed by atoms with Crippen molar-refractivity contribution in [1.82, 2.24) is 5.32 Å². The van der Waals surface area contributed by atoms with Crippen molar-refractivity contribution in [2.75, 3.05) is 26.4 Å². The number of carboxylic acid groups (broad SMARTS) is 1. The van der Waals surface area contributed by atoms with E-state index in [1.54, 1.807) is 13.0 Å². The summed E-state index contributed by atoms with van der Waals surface area (Å²) in [4.78, 5) is 25.1. The van der Waals surface area contributed by atoms with Crippen LogP contribution in [-0.4, -0.2) is 203 Å². The Morgan fingerprint density at radius 2 is 1.38 bits per heavy atom. The van der Waals surface area contributed by atoms with E-state index in [-0.39, 0.29) is 6.42 Å². The molecule has 3 heterocycles. The molecule has 0 aromatic heterocycles. The van der Waals surface area contributed by atoms with Gasteiger partial charge in [0.2, 0.25) is 5.91 Å². The lowest BCUT2D eigenvalue weighted by Gasteiger charge is -2.50. The van der Waals surface area contributed by atoms with Crippen LogP contribution in [0.3, 0.4) is 0 Å². The van der Waals surface area contributed by atoms with Crippen LogP contribution < -0.4 is 5.32 Å². The van der Waals surface area contributed by atoms with Crippen molar-refractivity contribution >= 4 is 11.9 Å². The van der Waals surface area contributed by atoms with Crippen LogP contribution in [0.5, 0.6) is 0 Å². The first-order chi connectivity index (χ1) is 30.5. The van der Waals surface area contributed by atoms with Crippen molar-refractivity contribution < 1.29 is 99.3 Å². The van der Waals surface area contributed by atoms with E-state index in [1.807, 2.05) is 6.08 Å². The second kappa shape index (κ2) is 28.4. The Labute approximate surface area is 374 Å². The molecule has 0 aliphatic carbocycles. The van der Waals surface area contributed by atoms with Crippen LogP contribution in [0, 0.1) is 5.92 Å². The minimum absolute atomic E-state index is 0.0948. The third-order valence-electron chi connectivity index (χ3n) is 12.3. The Balaban J connectivity index is 1.65.